The zero-order valence-electron chi connectivity index (χ0n) is 10.6. The molecule has 7 heteroatoms. The van der Waals surface area contributed by atoms with Crippen LogP contribution in [0.5, 0.6) is 0 Å². The van der Waals surface area contributed by atoms with Crippen molar-refractivity contribution in [2.24, 2.45) is 5.92 Å². The van der Waals surface area contributed by atoms with Gasteiger partial charge >= 0.3 is 5.97 Å². The average Bonchev–Trinajstić information content (AvgIpc) is 2.36. The Kier molecular flexibility index (Phi) is 6.05. The van der Waals surface area contributed by atoms with Crippen LogP contribution >= 0.6 is 23.2 Å². The molecule has 0 bridgehead atoms. The molecule has 1 heterocycles. The van der Waals surface area contributed by atoms with Gasteiger partial charge in [0.15, 0.2) is 12.3 Å². The number of pyridine rings is 1. The molecular weight excluding hydrogens is 291 g/mol. The van der Waals surface area contributed by atoms with Crippen molar-refractivity contribution < 1.29 is 14.3 Å². The fourth-order valence-corrected chi connectivity index (χ4v) is 1.46. The predicted molar refractivity (Wildman–Crippen MR) is 72.4 cm³/mol. The highest BCUT2D eigenvalue weighted by Gasteiger charge is 2.16. The van der Waals surface area contributed by atoms with E-state index >= 15 is 0 Å². The van der Waals surface area contributed by atoms with E-state index in [1.807, 2.05) is 13.8 Å². The molecule has 1 aromatic rings. The van der Waals surface area contributed by atoms with Crippen LogP contribution in [-0.4, -0.2) is 30.0 Å². The number of carbonyl (C=O) groups is 2. The molecule has 1 amide bonds. The van der Waals surface area contributed by atoms with E-state index in [4.69, 9.17) is 27.9 Å². The van der Waals surface area contributed by atoms with Crippen LogP contribution in [0.1, 0.15) is 24.3 Å². The predicted octanol–water partition coefficient (Wildman–Crippen LogP) is 2.32. The maximum absolute atomic E-state index is 11.7. The minimum Gasteiger partial charge on any atom is -0.451 e. The standard InChI is InChI=1S/C12H14Cl2N2O3/c1-7(2)5-15-10(17)6-19-12(18)11-8(13)3-4-9(14)16-11/h3-4,7H,5-6H2,1-2H3,(H,15,17). The third-order valence-corrected chi connectivity index (χ3v) is 2.56. The van der Waals surface area contributed by atoms with E-state index in [9.17, 15) is 9.59 Å². The number of nitrogens with one attached hydrogen (secondary N) is 1. The van der Waals surface area contributed by atoms with Gasteiger partial charge in [0.1, 0.15) is 5.15 Å². The molecule has 0 saturated carbocycles. The lowest BCUT2D eigenvalue weighted by atomic mass is 10.2. The summed E-state index contributed by atoms with van der Waals surface area (Å²) in [5.74, 6) is -0.837. The Hall–Kier alpha value is -1.33. The molecule has 0 radical (unpaired) electrons. The van der Waals surface area contributed by atoms with Crippen LogP contribution in [0.15, 0.2) is 12.1 Å². The Bertz CT molecular complexity index is 478. The van der Waals surface area contributed by atoms with E-state index in [2.05, 4.69) is 10.3 Å². The van der Waals surface area contributed by atoms with Gasteiger partial charge in [-0.3, -0.25) is 4.79 Å². The molecule has 0 unspecified atom stereocenters. The summed E-state index contributed by atoms with van der Waals surface area (Å²) in [6.45, 7) is 4.06. The molecule has 0 saturated heterocycles. The lowest BCUT2D eigenvalue weighted by Gasteiger charge is -2.08. The smallest absolute Gasteiger partial charge is 0.359 e. The maximum Gasteiger partial charge on any atom is 0.359 e. The highest BCUT2D eigenvalue weighted by atomic mass is 35.5. The SMILES string of the molecule is CC(C)CNC(=O)COC(=O)c1nc(Cl)ccc1Cl. The van der Waals surface area contributed by atoms with Crippen molar-refractivity contribution in [3.8, 4) is 0 Å². The average molecular weight is 305 g/mol. The monoisotopic (exact) mass is 304 g/mol. The summed E-state index contributed by atoms with van der Waals surface area (Å²) in [5, 5.41) is 2.87. The number of halogens is 2. The van der Waals surface area contributed by atoms with E-state index in [1.165, 1.54) is 12.1 Å². The zero-order chi connectivity index (χ0) is 14.4. The Morgan fingerprint density at radius 2 is 2.05 bits per heavy atom. The van der Waals surface area contributed by atoms with Crippen molar-refractivity contribution in [1.29, 1.82) is 0 Å². The van der Waals surface area contributed by atoms with Gasteiger partial charge in [0.2, 0.25) is 0 Å². The highest BCUT2D eigenvalue weighted by molar-refractivity contribution is 6.34. The molecule has 0 aromatic carbocycles. The molecule has 0 aliphatic rings. The lowest BCUT2D eigenvalue weighted by molar-refractivity contribution is -0.124. The largest absolute Gasteiger partial charge is 0.451 e. The molecule has 104 valence electrons. The topological polar surface area (TPSA) is 68.3 Å². The number of carbonyl (C=O) groups excluding carboxylic acids is 2. The summed E-state index contributed by atoms with van der Waals surface area (Å²) >= 11 is 11.4. The third kappa shape index (κ3) is 5.44. The van der Waals surface area contributed by atoms with Crippen molar-refractivity contribution in [3.63, 3.8) is 0 Å². The number of nitrogens with zero attached hydrogens (tertiary/aromatic N) is 1. The summed E-state index contributed by atoms with van der Waals surface area (Å²) in [5.41, 5.74) is -0.106. The van der Waals surface area contributed by atoms with Crippen molar-refractivity contribution in [1.82, 2.24) is 10.3 Å². The molecule has 19 heavy (non-hydrogen) atoms. The molecule has 1 N–H and O–H groups in total. The number of ether oxygens (including phenoxy) is 1. The summed E-state index contributed by atoms with van der Waals surface area (Å²) in [7, 11) is 0. The normalized spacial score (nSPS) is 10.4. The van der Waals surface area contributed by atoms with Crippen molar-refractivity contribution >= 4 is 35.1 Å². The Morgan fingerprint density at radius 3 is 2.68 bits per heavy atom. The first kappa shape index (κ1) is 15.7. The van der Waals surface area contributed by atoms with E-state index in [1.54, 1.807) is 0 Å². The van der Waals surface area contributed by atoms with Gasteiger partial charge in [-0.15, -0.1) is 0 Å². The second-order valence-electron chi connectivity index (χ2n) is 4.24. The van der Waals surface area contributed by atoms with E-state index in [-0.39, 0.29) is 28.4 Å². The number of hydrogen-bond acceptors (Lipinski definition) is 4. The zero-order valence-corrected chi connectivity index (χ0v) is 12.1. The molecule has 0 aliphatic carbocycles. The molecule has 1 aromatic heterocycles. The quantitative estimate of drug-likeness (QED) is 0.669. The third-order valence-electron chi connectivity index (χ3n) is 2.05. The van der Waals surface area contributed by atoms with Gasteiger partial charge in [-0.1, -0.05) is 37.0 Å². The molecule has 0 spiro atoms. The van der Waals surface area contributed by atoms with Gasteiger partial charge in [-0.05, 0) is 18.1 Å². The van der Waals surface area contributed by atoms with Gasteiger partial charge < -0.3 is 10.1 Å². The minimum atomic E-state index is -0.785. The van der Waals surface area contributed by atoms with Crippen LogP contribution in [0, 0.1) is 5.92 Å². The van der Waals surface area contributed by atoms with Crippen molar-refractivity contribution in [2.75, 3.05) is 13.2 Å². The van der Waals surface area contributed by atoms with Gasteiger partial charge in [-0.2, -0.15) is 0 Å². The van der Waals surface area contributed by atoms with Crippen LogP contribution in [0.4, 0.5) is 0 Å². The molecular formula is C12H14Cl2N2O3. The van der Waals surface area contributed by atoms with E-state index in [0.29, 0.717) is 12.5 Å². The number of esters is 1. The first-order valence-corrected chi connectivity index (χ1v) is 6.41. The number of amides is 1. The molecule has 0 fully saturated rings. The molecule has 5 nitrogen and oxygen atoms in total. The number of rotatable bonds is 5. The van der Waals surface area contributed by atoms with E-state index < -0.39 is 5.97 Å². The molecule has 1 rings (SSSR count). The Labute approximate surface area is 121 Å². The van der Waals surface area contributed by atoms with Crippen LogP contribution in [0.25, 0.3) is 0 Å². The molecule has 0 aliphatic heterocycles. The Balaban J connectivity index is 2.51. The highest BCUT2D eigenvalue weighted by Crippen LogP contribution is 2.17. The fraction of sp³-hybridized carbons (Fsp3) is 0.417. The van der Waals surface area contributed by atoms with Gasteiger partial charge in [0, 0.05) is 6.54 Å². The van der Waals surface area contributed by atoms with Crippen molar-refractivity contribution in [3.05, 3.63) is 28.0 Å². The van der Waals surface area contributed by atoms with Gasteiger partial charge in [0.05, 0.1) is 5.02 Å². The maximum atomic E-state index is 11.7. The lowest BCUT2D eigenvalue weighted by Crippen LogP contribution is -2.31. The second kappa shape index (κ2) is 7.31. The number of hydrogen-bond donors (Lipinski definition) is 1. The van der Waals surface area contributed by atoms with Gasteiger partial charge in [0.25, 0.3) is 5.91 Å². The first-order chi connectivity index (χ1) is 8.90. The van der Waals surface area contributed by atoms with Crippen LogP contribution in [0.3, 0.4) is 0 Å². The minimum absolute atomic E-state index is 0.106. The Morgan fingerprint density at radius 1 is 1.37 bits per heavy atom. The summed E-state index contributed by atoms with van der Waals surface area (Å²) in [6.07, 6.45) is 0. The van der Waals surface area contributed by atoms with E-state index in [0.717, 1.165) is 0 Å². The first-order valence-electron chi connectivity index (χ1n) is 5.66. The van der Waals surface area contributed by atoms with Crippen LogP contribution in [-0.2, 0) is 9.53 Å². The van der Waals surface area contributed by atoms with Gasteiger partial charge in [-0.25, -0.2) is 9.78 Å². The molecule has 0 atom stereocenters. The van der Waals surface area contributed by atoms with Crippen LogP contribution in [0.2, 0.25) is 10.2 Å². The second-order valence-corrected chi connectivity index (χ2v) is 5.03. The van der Waals surface area contributed by atoms with Crippen LogP contribution < -0.4 is 5.32 Å². The fourth-order valence-electron chi connectivity index (χ4n) is 1.13. The summed E-state index contributed by atoms with van der Waals surface area (Å²) < 4.78 is 4.80. The summed E-state index contributed by atoms with van der Waals surface area (Å²) in [4.78, 5) is 26.8. The summed E-state index contributed by atoms with van der Waals surface area (Å²) in [6, 6.07) is 2.89. The number of aromatic nitrogens is 1. The van der Waals surface area contributed by atoms with Crippen molar-refractivity contribution in [2.45, 2.75) is 13.8 Å².